The van der Waals surface area contributed by atoms with Gasteiger partial charge < -0.3 is 5.32 Å². The number of aryl methyl sites for hydroxylation is 2. The molecule has 0 spiro atoms. The number of hydrogen-bond acceptors (Lipinski definition) is 1. The van der Waals surface area contributed by atoms with E-state index in [1.807, 2.05) is 0 Å². The first-order valence-corrected chi connectivity index (χ1v) is 6.48. The average molecular weight is 217 g/mol. The van der Waals surface area contributed by atoms with E-state index in [4.69, 9.17) is 0 Å². The molecule has 0 saturated carbocycles. The smallest absolute Gasteiger partial charge is 0.0325 e. The summed E-state index contributed by atoms with van der Waals surface area (Å²) in [6, 6.07) is 2.94. The van der Waals surface area contributed by atoms with E-state index in [-0.39, 0.29) is 0 Å². The molecule has 1 aliphatic rings. The highest BCUT2D eigenvalue weighted by atomic mass is 14.9. The average Bonchev–Trinajstić information content (AvgIpc) is 2.26. The third kappa shape index (κ3) is 1.89. The van der Waals surface area contributed by atoms with Crippen LogP contribution < -0.4 is 5.32 Å². The Balaban J connectivity index is 2.53. The predicted molar refractivity (Wildman–Crippen MR) is 70.0 cm³/mol. The Morgan fingerprint density at radius 3 is 2.69 bits per heavy atom. The third-order valence-electron chi connectivity index (χ3n) is 3.92. The van der Waals surface area contributed by atoms with Crippen LogP contribution in [0.5, 0.6) is 0 Å². The molecule has 88 valence electrons. The first kappa shape index (κ1) is 11.7. The number of fused-ring (bicyclic) bond motifs is 1. The van der Waals surface area contributed by atoms with Crippen LogP contribution in [0.4, 0.5) is 0 Å². The molecule has 0 aromatic heterocycles. The van der Waals surface area contributed by atoms with Gasteiger partial charge in [0.1, 0.15) is 0 Å². The molecule has 1 heteroatoms. The van der Waals surface area contributed by atoms with Gasteiger partial charge in [0.25, 0.3) is 0 Å². The summed E-state index contributed by atoms with van der Waals surface area (Å²) in [5.74, 6) is 0. The van der Waals surface area contributed by atoms with Gasteiger partial charge in [0.2, 0.25) is 0 Å². The van der Waals surface area contributed by atoms with Gasteiger partial charge in [0.05, 0.1) is 0 Å². The minimum atomic E-state index is 0.590. The van der Waals surface area contributed by atoms with Gasteiger partial charge in [-0.15, -0.1) is 0 Å². The molecule has 1 atom stereocenters. The molecule has 1 heterocycles. The lowest BCUT2D eigenvalue weighted by Crippen LogP contribution is -2.31. The molecule has 1 nitrogen and oxygen atoms in total. The van der Waals surface area contributed by atoms with Crippen LogP contribution in [0.25, 0.3) is 0 Å². The van der Waals surface area contributed by atoms with Crippen LogP contribution in [0.1, 0.15) is 53.6 Å². The van der Waals surface area contributed by atoms with Crippen molar-refractivity contribution in [3.63, 3.8) is 0 Å². The van der Waals surface area contributed by atoms with Crippen molar-refractivity contribution in [2.75, 3.05) is 6.54 Å². The zero-order valence-corrected chi connectivity index (χ0v) is 11.0. The molecule has 0 radical (unpaired) electrons. The van der Waals surface area contributed by atoms with Crippen LogP contribution in [0, 0.1) is 20.8 Å². The standard InChI is InChI=1S/C15H23N/c1-5-6-14-15-12(4)10(2)9-11(3)13(15)7-8-16-14/h9,14,16H,5-8H2,1-4H3. The van der Waals surface area contributed by atoms with Gasteiger partial charge in [-0.25, -0.2) is 0 Å². The molecule has 0 bridgehead atoms. The molecule has 0 aliphatic carbocycles. The minimum absolute atomic E-state index is 0.590. The van der Waals surface area contributed by atoms with Gasteiger partial charge in [-0.2, -0.15) is 0 Å². The van der Waals surface area contributed by atoms with Crippen molar-refractivity contribution in [2.45, 2.75) is 53.0 Å². The molecule has 1 aromatic rings. The fourth-order valence-electron chi connectivity index (χ4n) is 2.98. The number of benzene rings is 1. The van der Waals surface area contributed by atoms with E-state index in [0.29, 0.717) is 6.04 Å². The van der Waals surface area contributed by atoms with Crippen LogP contribution in [0.2, 0.25) is 0 Å². The molecule has 0 fully saturated rings. The molecule has 0 saturated heterocycles. The summed E-state index contributed by atoms with van der Waals surface area (Å²) in [6.07, 6.45) is 3.71. The van der Waals surface area contributed by atoms with Gasteiger partial charge in [0, 0.05) is 6.04 Å². The van der Waals surface area contributed by atoms with Crippen LogP contribution in [-0.2, 0) is 6.42 Å². The van der Waals surface area contributed by atoms with E-state index >= 15 is 0 Å². The monoisotopic (exact) mass is 217 g/mol. The van der Waals surface area contributed by atoms with E-state index in [2.05, 4.69) is 39.1 Å². The van der Waals surface area contributed by atoms with Crippen LogP contribution in [-0.4, -0.2) is 6.54 Å². The predicted octanol–water partition coefficient (Wildman–Crippen LogP) is 3.60. The van der Waals surface area contributed by atoms with Crippen molar-refractivity contribution in [3.05, 3.63) is 33.9 Å². The lowest BCUT2D eigenvalue weighted by Gasteiger charge is -2.30. The summed E-state index contributed by atoms with van der Waals surface area (Å²) < 4.78 is 0. The van der Waals surface area contributed by atoms with Crippen molar-refractivity contribution in [3.8, 4) is 0 Å². The zero-order chi connectivity index (χ0) is 11.7. The second kappa shape index (κ2) is 4.58. The van der Waals surface area contributed by atoms with Gasteiger partial charge in [-0.05, 0) is 68.0 Å². The number of hydrogen-bond donors (Lipinski definition) is 1. The summed E-state index contributed by atoms with van der Waals surface area (Å²) in [6.45, 7) is 10.2. The van der Waals surface area contributed by atoms with E-state index < -0.39 is 0 Å². The van der Waals surface area contributed by atoms with Crippen molar-refractivity contribution in [1.82, 2.24) is 5.32 Å². The van der Waals surface area contributed by atoms with E-state index in [1.54, 1.807) is 11.1 Å². The molecular formula is C15H23N. The van der Waals surface area contributed by atoms with E-state index in [9.17, 15) is 0 Å². The second-order valence-corrected chi connectivity index (χ2v) is 5.07. The third-order valence-corrected chi connectivity index (χ3v) is 3.92. The van der Waals surface area contributed by atoms with Crippen LogP contribution >= 0.6 is 0 Å². The normalized spacial score (nSPS) is 19.6. The molecular weight excluding hydrogens is 194 g/mol. The zero-order valence-electron chi connectivity index (χ0n) is 11.0. The van der Waals surface area contributed by atoms with Gasteiger partial charge in [-0.3, -0.25) is 0 Å². The summed E-state index contributed by atoms with van der Waals surface area (Å²) in [5.41, 5.74) is 7.65. The Morgan fingerprint density at radius 1 is 1.25 bits per heavy atom. The van der Waals surface area contributed by atoms with Gasteiger partial charge >= 0.3 is 0 Å². The summed E-state index contributed by atoms with van der Waals surface area (Å²) in [4.78, 5) is 0. The molecule has 1 aliphatic heterocycles. The SMILES string of the molecule is CCCC1NCCc2c(C)cc(C)c(C)c21. The Morgan fingerprint density at radius 2 is 2.00 bits per heavy atom. The highest BCUT2D eigenvalue weighted by Gasteiger charge is 2.22. The molecule has 1 aromatic carbocycles. The maximum Gasteiger partial charge on any atom is 0.0325 e. The maximum atomic E-state index is 3.67. The molecule has 0 amide bonds. The first-order chi connectivity index (χ1) is 7.65. The number of nitrogens with one attached hydrogen (secondary N) is 1. The number of rotatable bonds is 2. The summed E-state index contributed by atoms with van der Waals surface area (Å²) in [5, 5.41) is 3.67. The molecule has 2 rings (SSSR count). The highest BCUT2D eigenvalue weighted by Crippen LogP contribution is 2.33. The van der Waals surface area contributed by atoms with Gasteiger partial charge in [-0.1, -0.05) is 19.4 Å². The lowest BCUT2D eigenvalue weighted by molar-refractivity contribution is 0.467. The Hall–Kier alpha value is -0.820. The molecule has 1 unspecified atom stereocenters. The maximum absolute atomic E-state index is 3.67. The van der Waals surface area contributed by atoms with Gasteiger partial charge in [0.15, 0.2) is 0 Å². The summed E-state index contributed by atoms with van der Waals surface area (Å²) in [7, 11) is 0. The fraction of sp³-hybridized carbons (Fsp3) is 0.600. The fourth-order valence-corrected chi connectivity index (χ4v) is 2.98. The quantitative estimate of drug-likeness (QED) is 0.798. The van der Waals surface area contributed by atoms with Crippen LogP contribution in [0.3, 0.4) is 0 Å². The van der Waals surface area contributed by atoms with Crippen LogP contribution in [0.15, 0.2) is 6.07 Å². The van der Waals surface area contributed by atoms with Crippen molar-refractivity contribution in [1.29, 1.82) is 0 Å². The molecule has 16 heavy (non-hydrogen) atoms. The van der Waals surface area contributed by atoms with E-state index in [1.165, 1.54) is 36.0 Å². The Bertz CT molecular complexity index is 393. The van der Waals surface area contributed by atoms with Crippen molar-refractivity contribution >= 4 is 0 Å². The topological polar surface area (TPSA) is 12.0 Å². The minimum Gasteiger partial charge on any atom is -0.310 e. The molecule has 1 N–H and O–H groups in total. The largest absolute Gasteiger partial charge is 0.310 e. The van der Waals surface area contributed by atoms with Crippen molar-refractivity contribution < 1.29 is 0 Å². The van der Waals surface area contributed by atoms with E-state index in [0.717, 1.165) is 6.54 Å². The highest BCUT2D eigenvalue weighted by molar-refractivity contribution is 5.47. The lowest BCUT2D eigenvalue weighted by atomic mass is 9.84. The Labute approximate surface area is 99.3 Å². The Kier molecular flexibility index (Phi) is 3.34. The second-order valence-electron chi connectivity index (χ2n) is 5.07. The van der Waals surface area contributed by atoms with Crippen molar-refractivity contribution in [2.24, 2.45) is 0 Å². The summed E-state index contributed by atoms with van der Waals surface area (Å²) >= 11 is 0. The first-order valence-electron chi connectivity index (χ1n) is 6.48.